The molecule has 2 aromatic rings. The minimum atomic E-state index is 0.0385. The lowest BCUT2D eigenvalue weighted by Crippen LogP contribution is -2.44. The van der Waals surface area contributed by atoms with Crippen molar-refractivity contribution in [2.45, 2.75) is 38.3 Å². The van der Waals surface area contributed by atoms with E-state index < -0.39 is 0 Å². The van der Waals surface area contributed by atoms with E-state index in [0.29, 0.717) is 18.1 Å². The number of ether oxygens (including phenoxy) is 1. The van der Waals surface area contributed by atoms with Crippen LogP contribution in [0.2, 0.25) is 5.02 Å². The van der Waals surface area contributed by atoms with Gasteiger partial charge in [-0.15, -0.1) is 0 Å². The first-order chi connectivity index (χ1) is 14.2. The van der Waals surface area contributed by atoms with Crippen molar-refractivity contribution in [3.63, 3.8) is 0 Å². The van der Waals surface area contributed by atoms with Gasteiger partial charge in [0.05, 0.1) is 11.1 Å². The van der Waals surface area contributed by atoms with E-state index in [1.54, 1.807) is 12.4 Å². The number of piperidine rings is 1. The molecule has 2 saturated heterocycles. The van der Waals surface area contributed by atoms with Crippen LogP contribution in [-0.2, 0) is 16.1 Å². The molecule has 4 heterocycles. The molecule has 6 nitrogen and oxygen atoms in total. The zero-order chi connectivity index (χ0) is 20.1. The minimum Gasteiger partial charge on any atom is -0.376 e. The zero-order valence-electron chi connectivity index (χ0n) is 16.5. The fourth-order valence-electron chi connectivity index (χ4n) is 4.15. The van der Waals surface area contributed by atoms with Crippen LogP contribution in [0.3, 0.4) is 0 Å². The minimum absolute atomic E-state index is 0.0385. The van der Waals surface area contributed by atoms with E-state index in [0.717, 1.165) is 56.8 Å². The summed E-state index contributed by atoms with van der Waals surface area (Å²) in [5, 5.41) is 0.638. The van der Waals surface area contributed by atoms with Crippen LogP contribution in [0.5, 0.6) is 0 Å². The number of anilines is 1. The topological polar surface area (TPSA) is 58.6 Å². The number of hydrogen-bond donors (Lipinski definition) is 0. The van der Waals surface area contributed by atoms with Crippen LogP contribution in [0.4, 0.5) is 5.82 Å². The molecule has 4 rings (SSSR count). The van der Waals surface area contributed by atoms with Crippen LogP contribution < -0.4 is 4.90 Å². The average Bonchev–Trinajstić information content (AvgIpc) is 3.27. The number of carbonyl (C=O) groups excluding carboxylic acids is 1. The number of hydrogen-bond acceptors (Lipinski definition) is 5. The van der Waals surface area contributed by atoms with Crippen LogP contribution in [0.25, 0.3) is 0 Å². The van der Waals surface area contributed by atoms with Crippen molar-refractivity contribution < 1.29 is 9.53 Å². The van der Waals surface area contributed by atoms with E-state index in [1.165, 1.54) is 0 Å². The first-order valence-corrected chi connectivity index (χ1v) is 10.7. The van der Waals surface area contributed by atoms with Gasteiger partial charge in [-0.25, -0.2) is 4.98 Å². The Kier molecular flexibility index (Phi) is 6.62. The van der Waals surface area contributed by atoms with Gasteiger partial charge in [-0.2, -0.15) is 0 Å². The molecule has 0 saturated carbocycles. The Bertz CT molecular complexity index is 788. The summed E-state index contributed by atoms with van der Waals surface area (Å²) < 4.78 is 5.81. The maximum absolute atomic E-state index is 13.4. The Hall–Kier alpha value is -2.18. The van der Waals surface area contributed by atoms with Gasteiger partial charge in [0.2, 0.25) is 5.91 Å². The third-order valence-corrected chi connectivity index (χ3v) is 5.96. The van der Waals surface area contributed by atoms with E-state index in [4.69, 9.17) is 16.3 Å². The van der Waals surface area contributed by atoms with E-state index >= 15 is 0 Å². The van der Waals surface area contributed by atoms with Gasteiger partial charge >= 0.3 is 0 Å². The summed E-state index contributed by atoms with van der Waals surface area (Å²) in [7, 11) is 0. The summed E-state index contributed by atoms with van der Waals surface area (Å²) in [6.07, 6.45) is 9.18. The first kappa shape index (κ1) is 20.1. The molecule has 2 aliphatic heterocycles. The van der Waals surface area contributed by atoms with Crippen LogP contribution in [-0.4, -0.2) is 53.1 Å². The molecular weight excluding hydrogens is 388 g/mol. The fourth-order valence-corrected chi connectivity index (χ4v) is 4.26. The van der Waals surface area contributed by atoms with Crippen LogP contribution in [0, 0.1) is 5.92 Å². The molecule has 2 fully saturated rings. The lowest BCUT2D eigenvalue weighted by atomic mass is 9.94. The quantitative estimate of drug-likeness (QED) is 0.723. The lowest BCUT2D eigenvalue weighted by molar-refractivity contribution is -0.138. The number of aromatic nitrogens is 2. The molecule has 0 aromatic carbocycles. The average molecular weight is 415 g/mol. The first-order valence-electron chi connectivity index (χ1n) is 10.3. The van der Waals surface area contributed by atoms with Crippen LogP contribution in [0.15, 0.2) is 42.9 Å². The van der Waals surface area contributed by atoms with Gasteiger partial charge < -0.3 is 14.5 Å². The molecule has 2 aliphatic rings. The standard InChI is InChI=1S/C22H27ClN4O2/c23-19-5-6-21(25-14-19)26-10-7-18(8-11-26)22(28)27(16-20-4-2-12-29-20)15-17-3-1-9-24-13-17/h1,3,5-6,9,13-14,18,20H,2,4,7-8,10-12,15-16H2. The summed E-state index contributed by atoms with van der Waals surface area (Å²) in [5.74, 6) is 1.19. The molecule has 0 N–H and O–H groups in total. The number of pyridine rings is 2. The van der Waals surface area contributed by atoms with Gasteiger partial charge in [0.1, 0.15) is 5.82 Å². The van der Waals surface area contributed by atoms with Gasteiger partial charge in [0, 0.05) is 57.3 Å². The number of amides is 1. The van der Waals surface area contributed by atoms with E-state index in [2.05, 4.69) is 14.9 Å². The second kappa shape index (κ2) is 9.55. The van der Waals surface area contributed by atoms with Crippen molar-refractivity contribution in [3.8, 4) is 0 Å². The normalized spacial score (nSPS) is 20.0. The summed E-state index contributed by atoms with van der Waals surface area (Å²) in [6.45, 7) is 3.70. The highest BCUT2D eigenvalue weighted by atomic mass is 35.5. The van der Waals surface area contributed by atoms with Crippen molar-refractivity contribution in [2.75, 3.05) is 31.1 Å². The van der Waals surface area contributed by atoms with Crippen molar-refractivity contribution in [1.29, 1.82) is 0 Å². The molecule has 0 spiro atoms. The molecule has 1 unspecified atom stereocenters. The smallest absolute Gasteiger partial charge is 0.226 e. The van der Waals surface area contributed by atoms with Crippen LogP contribution in [0.1, 0.15) is 31.2 Å². The Morgan fingerprint density at radius 1 is 1.21 bits per heavy atom. The Balaban J connectivity index is 1.39. The second-order valence-electron chi connectivity index (χ2n) is 7.81. The van der Waals surface area contributed by atoms with Crippen molar-refractivity contribution in [1.82, 2.24) is 14.9 Å². The second-order valence-corrected chi connectivity index (χ2v) is 8.25. The Labute approximate surface area is 176 Å². The third kappa shape index (κ3) is 5.25. The fraction of sp³-hybridized carbons (Fsp3) is 0.500. The maximum atomic E-state index is 13.4. The maximum Gasteiger partial charge on any atom is 0.226 e. The van der Waals surface area contributed by atoms with Gasteiger partial charge in [0.15, 0.2) is 0 Å². The van der Waals surface area contributed by atoms with Crippen molar-refractivity contribution >= 4 is 23.3 Å². The third-order valence-electron chi connectivity index (χ3n) is 5.74. The van der Waals surface area contributed by atoms with E-state index in [-0.39, 0.29) is 17.9 Å². The van der Waals surface area contributed by atoms with Gasteiger partial charge in [-0.1, -0.05) is 17.7 Å². The van der Waals surface area contributed by atoms with E-state index in [1.807, 2.05) is 35.4 Å². The van der Waals surface area contributed by atoms with Gasteiger partial charge in [0.25, 0.3) is 0 Å². The SMILES string of the molecule is O=C(C1CCN(c2ccc(Cl)cn2)CC1)N(Cc1cccnc1)CC1CCCO1. The highest BCUT2D eigenvalue weighted by molar-refractivity contribution is 6.30. The van der Waals surface area contributed by atoms with Crippen LogP contribution >= 0.6 is 11.6 Å². The van der Waals surface area contributed by atoms with Crippen molar-refractivity contribution in [3.05, 3.63) is 53.4 Å². The molecule has 7 heteroatoms. The molecule has 2 aromatic heterocycles. The molecule has 29 heavy (non-hydrogen) atoms. The molecule has 0 radical (unpaired) electrons. The number of rotatable bonds is 6. The highest BCUT2D eigenvalue weighted by Gasteiger charge is 2.31. The summed E-state index contributed by atoms with van der Waals surface area (Å²) in [5.41, 5.74) is 1.06. The molecule has 1 atom stereocenters. The molecule has 0 aliphatic carbocycles. The largest absolute Gasteiger partial charge is 0.376 e. The summed E-state index contributed by atoms with van der Waals surface area (Å²) in [4.78, 5) is 26.2. The molecular formula is C22H27ClN4O2. The monoisotopic (exact) mass is 414 g/mol. The molecule has 1 amide bonds. The summed E-state index contributed by atoms with van der Waals surface area (Å²) in [6, 6.07) is 7.74. The van der Waals surface area contributed by atoms with Gasteiger partial charge in [-0.3, -0.25) is 9.78 Å². The van der Waals surface area contributed by atoms with E-state index in [9.17, 15) is 4.79 Å². The molecule has 154 valence electrons. The lowest BCUT2D eigenvalue weighted by Gasteiger charge is -2.35. The Morgan fingerprint density at radius 3 is 2.72 bits per heavy atom. The molecule has 0 bridgehead atoms. The number of nitrogens with zero attached hydrogens (tertiary/aromatic N) is 4. The Morgan fingerprint density at radius 2 is 2.07 bits per heavy atom. The predicted molar refractivity (Wildman–Crippen MR) is 113 cm³/mol. The van der Waals surface area contributed by atoms with Gasteiger partial charge in [-0.05, 0) is 49.4 Å². The predicted octanol–water partition coefficient (Wildman–Crippen LogP) is 3.55. The zero-order valence-corrected chi connectivity index (χ0v) is 17.3. The van der Waals surface area contributed by atoms with Crippen molar-refractivity contribution in [2.24, 2.45) is 5.92 Å². The number of halogens is 1. The highest BCUT2D eigenvalue weighted by Crippen LogP contribution is 2.25. The summed E-state index contributed by atoms with van der Waals surface area (Å²) >= 11 is 5.94. The number of carbonyl (C=O) groups is 1.